The molecule has 26 heavy (non-hydrogen) atoms. The topological polar surface area (TPSA) is 53.5 Å². The number of hydrazone groups is 1. The number of hydrogen-bond donors (Lipinski definition) is 2. The van der Waals surface area contributed by atoms with E-state index in [4.69, 9.17) is 0 Å². The van der Waals surface area contributed by atoms with Crippen LogP contribution in [0.25, 0.3) is 6.08 Å². The third-order valence-corrected chi connectivity index (χ3v) is 3.96. The zero-order valence-electron chi connectivity index (χ0n) is 15.9. The Morgan fingerprint density at radius 1 is 1.08 bits per heavy atom. The molecule has 0 aliphatic rings. The molecular weight excluding hydrogens is 322 g/mol. The average molecular weight is 349 g/mol. The summed E-state index contributed by atoms with van der Waals surface area (Å²) in [5.41, 5.74) is 8.03. The molecule has 0 fully saturated rings. The number of benzene rings is 2. The van der Waals surface area contributed by atoms with Gasteiger partial charge in [-0.2, -0.15) is 5.10 Å². The predicted molar refractivity (Wildman–Crippen MR) is 110 cm³/mol. The van der Waals surface area contributed by atoms with Gasteiger partial charge in [0.1, 0.15) is 0 Å². The van der Waals surface area contributed by atoms with Crippen molar-refractivity contribution < 1.29 is 4.79 Å². The van der Waals surface area contributed by atoms with E-state index in [1.165, 1.54) is 11.1 Å². The van der Waals surface area contributed by atoms with Crippen molar-refractivity contribution in [2.45, 2.75) is 33.6 Å². The minimum atomic E-state index is -0.184. The van der Waals surface area contributed by atoms with Crippen LogP contribution in [-0.2, 0) is 4.79 Å². The van der Waals surface area contributed by atoms with E-state index in [0.717, 1.165) is 16.8 Å². The monoisotopic (exact) mass is 349 g/mol. The van der Waals surface area contributed by atoms with E-state index < -0.39 is 0 Å². The summed E-state index contributed by atoms with van der Waals surface area (Å²) >= 11 is 0. The van der Waals surface area contributed by atoms with Crippen molar-refractivity contribution in [3.8, 4) is 0 Å². The van der Waals surface area contributed by atoms with Gasteiger partial charge in [0.25, 0.3) is 5.91 Å². The highest BCUT2D eigenvalue weighted by atomic mass is 16.2. The number of aryl methyl sites for hydroxylation is 1. The maximum atomic E-state index is 11.8. The van der Waals surface area contributed by atoms with Crippen molar-refractivity contribution in [3.05, 3.63) is 70.8 Å². The first-order valence-electron chi connectivity index (χ1n) is 8.85. The third-order valence-electron chi connectivity index (χ3n) is 3.96. The van der Waals surface area contributed by atoms with Crippen LogP contribution in [0, 0.1) is 6.92 Å². The lowest BCUT2D eigenvalue weighted by atomic mass is 10.0. The summed E-state index contributed by atoms with van der Waals surface area (Å²) in [5, 5.41) is 7.07. The SMILES string of the molecule is CC(/C=N\NC(=O)CNc1ccc(C)cc1)=C\c1ccc(C(C)C)cc1. The second-order valence-corrected chi connectivity index (χ2v) is 6.72. The molecule has 0 aliphatic heterocycles. The molecule has 2 rings (SSSR count). The molecule has 0 unspecified atom stereocenters. The van der Waals surface area contributed by atoms with Gasteiger partial charge in [0.15, 0.2) is 0 Å². The lowest BCUT2D eigenvalue weighted by molar-refractivity contribution is -0.119. The summed E-state index contributed by atoms with van der Waals surface area (Å²) in [7, 11) is 0. The average Bonchev–Trinajstić information content (AvgIpc) is 2.61. The molecule has 0 saturated carbocycles. The number of nitrogens with zero attached hydrogens (tertiary/aromatic N) is 1. The quantitative estimate of drug-likeness (QED) is 0.560. The largest absolute Gasteiger partial charge is 0.376 e. The molecule has 0 aliphatic carbocycles. The van der Waals surface area contributed by atoms with E-state index in [-0.39, 0.29) is 12.5 Å². The van der Waals surface area contributed by atoms with Crippen molar-refractivity contribution in [2.75, 3.05) is 11.9 Å². The zero-order chi connectivity index (χ0) is 18.9. The second-order valence-electron chi connectivity index (χ2n) is 6.72. The summed E-state index contributed by atoms with van der Waals surface area (Å²) in [6.07, 6.45) is 3.68. The molecule has 2 aromatic rings. The van der Waals surface area contributed by atoms with Crippen LogP contribution in [0.1, 0.15) is 43.4 Å². The van der Waals surface area contributed by atoms with Gasteiger partial charge in [-0.15, -0.1) is 0 Å². The molecule has 0 spiro atoms. The Labute approximate surface area is 156 Å². The smallest absolute Gasteiger partial charge is 0.259 e. The van der Waals surface area contributed by atoms with E-state index in [2.05, 4.69) is 54.0 Å². The van der Waals surface area contributed by atoms with Crippen LogP contribution in [0.15, 0.2) is 59.2 Å². The summed E-state index contributed by atoms with van der Waals surface area (Å²) in [6, 6.07) is 16.4. The first-order chi connectivity index (χ1) is 12.4. The molecule has 1 amide bonds. The van der Waals surface area contributed by atoms with Gasteiger partial charge < -0.3 is 5.32 Å². The standard InChI is InChI=1S/C22H27N3O/c1-16(2)20-9-7-19(8-10-20)13-18(4)14-24-25-22(26)15-23-21-11-5-17(3)6-12-21/h5-14,16,23H,15H2,1-4H3,(H,25,26)/b18-13+,24-14-. The van der Waals surface area contributed by atoms with Gasteiger partial charge in [0, 0.05) is 5.69 Å². The van der Waals surface area contributed by atoms with E-state index >= 15 is 0 Å². The molecule has 0 atom stereocenters. The number of amides is 1. The van der Waals surface area contributed by atoms with Crippen molar-refractivity contribution in [2.24, 2.45) is 5.10 Å². The number of hydrogen-bond acceptors (Lipinski definition) is 3. The van der Waals surface area contributed by atoms with Crippen LogP contribution in [0.3, 0.4) is 0 Å². The summed E-state index contributed by atoms with van der Waals surface area (Å²) in [5.74, 6) is 0.343. The number of anilines is 1. The van der Waals surface area contributed by atoms with Gasteiger partial charge in [-0.25, -0.2) is 5.43 Å². The molecule has 4 heteroatoms. The Morgan fingerprint density at radius 2 is 1.73 bits per heavy atom. The molecule has 0 aromatic heterocycles. The Hall–Kier alpha value is -2.88. The van der Waals surface area contributed by atoms with Crippen molar-refractivity contribution in [1.82, 2.24) is 5.43 Å². The van der Waals surface area contributed by atoms with Crippen LogP contribution < -0.4 is 10.7 Å². The van der Waals surface area contributed by atoms with Gasteiger partial charge >= 0.3 is 0 Å². The predicted octanol–water partition coefficient (Wildman–Crippen LogP) is 4.74. The molecule has 136 valence electrons. The van der Waals surface area contributed by atoms with Crippen LogP contribution >= 0.6 is 0 Å². The minimum Gasteiger partial charge on any atom is -0.376 e. The van der Waals surface area contributed by atoms with Crippen LogP contribution in [0.5, 0.6) is 0 Å². The van der Waals surface area contributed by atoms with Gasteiger partial charge in [0.05, 0.1) is 12.8 Å². The fraction of sp³-hybridized carbons (Fsp3) is 0.273. The normalized spacial score (nSPS) is 11.8. The lowest BCUT2D eigenvalue weighted by Gasteiger charge is -2.05. The van der Waals surface area contributed by atoms with Crippen LogP contribution in [-0.4, -0.2) is 18.7 Å². The Morgan fingerprint density at radius 3 is 2.35 bits per heavy atom. The summed E-state index contributed by atoms with van der Waals surface area (Å²) in [6.45, 7) is 8.52. The van der Waals surface area contributed by atoms with Crippen molar-refractivity contribution >= 4 is 23.9 Å². The van der Waals surface area contributed by atoms with Gasteiger partial charge in [-0.1, -0.05) is 61.9 Å². The van der Waals surface area contributed by atoms with Gasteiger partial charge in [-0.05, 0) is 48.6 Å². The van der Waals surface area contributed by atoms with Crippen molar-refractivity contribution in [3.63, 3.8) is 0 Å². The number of carbonyl (C=O) groups excluding carboxylic acids is 1. The van der Waals surface area contributed by atoms with E-state index in [1.807, 2.05) is 44.2 Å². The van der Waals surface area contributed by atoms with E-state index in [0.29, 0.717) is 5.92 Å². The molecule has 0 radical (unpaired) electrons. The molecule has 4 nitrogen and oxygen atoms in total. The zero-order valence-corrected chi connectivity index (χ0v) is 15.9. The first-order valence-corrected chi connectivity index (χ1v) is 8.85. The van der Waals surface area contributed by atoms with Crippen LogP contribution in [0.2, 0.25) is 0 Å². The van der Waals surface area contributed by atoms with Gasteiger partial charge in [0.2, 0.25) is 0 Å². The number of allylic oxidation sites excluding steroid dienone is 1. The van der Waals surface area contributed by atoms with E-state index in [1.54, 1.807) is 6.21 Å². The molecule has 0 saturated heterocycles. The van der Waals surface area contributed by atoms with Gasteiger partial charge in [-0.3, -0.25) is 4.79 Å². The first kappa shape index (κ1) is 19.4. The summed E-state index contributed by atoms with van der Waals surface area (Å²) < 4.78 is 0. The highest BCUT2D eigenvalue weighted by Crippen LogP contribution is 2.16. The molecule has 2 aromatic carbocycles. The highest BCUT2D eigenvalue weighted by Gasteiger charge is 2.00. The maximum Gasteiger partial charge on any atom is 0.259 e. The Bertz CT molecular complexity index is 772. The number of nitrogens with one attached hydrogen (secondary N) is 2. The van der Waals surface area contributed by atoms with Crippen LogP contribution in [0.4, 0.5) is 5.69 Å². The Balaban J connectivity index is 1.80. The maximum absolute atomic E-state index is 11.8. The number of rotatable bonds is 7. The summed E-state index contributed by atoms with van der Waals surface area (Å²) in [4.78, 5) is 11.8. The lowest BCUT2D eigenvalue weighted by Crippen LogP contribution is -2.25. The van der Waals surface area contributed by atoms with E-state index in [9.17, 15) is 4.79 Å². The Kier molecular flexibility index (Phi) is 7.15. The molecule has 0 heterocycles. The fourth-order valence-corrected chi connectivity index (χ4v) is 2.38. The van der Waals surface area contributed by atoms with Crippen molar-refractivity contribution in [1.29, 1.82) is 0 Å². The second kappa shape index (κ2) is 9.56. The highest BCUT2D eigenvalue weighted by molar-refractivity contribution is 5.87. The molecule has 2 N–H and O–H groups in total. The molecule has 0 bridgehead atoms. The minimum absolute atomic E-state index is 0.180. The number of carbonyl (C=O) groups is 1. The molecular formula is C22H27N3O. The fourth-order valence-electron chi connectivity index (χ4n) is 2.38. The third kappa shape index (κ3) is 6.55.